The molecule has 1 aromatic heterocycles. The van der Waals surface area contributed by atoms with E-state index in [-0.39, 0.29) is 5.70 Å². The standard InChI is InChI=1S/C13H15N3O3/c17-12-10(14-13(18)15-12)8-9-4-5-11(19-9)16-6-2-1-3-7-16/h4-5,8H,1-3,6-7H2,(H2,14,15,17,18)/b10-8+. The highest BCUT2D eigenvalue weighted by molar-refractivity contribution is 6.13. The molecule has 6 nitrogen and oxygen atoms in total. The van der Waals surface area contributed by atoms with Gasteiger partial charge in [0.15, 0.2) is 5.88 Å². The Labute approximate surface area is 110 Å². The number of amides is 3. The van der Waals surface area contributed by atoms with E-state index in [1.54, 1.807) is 6.07 Å². The molecule has 2 aliphatic heterocycles. The van der Waals surface area contributed by atoms with E-state index >= 15 is 0 Å². The summed E-state index contributed by atoms with van der Waals surface area (Å²) in [5.41, 5.74) is 0.213. The first-order valence-corrected chi connectivity index (χ1v) is 6.41. The summed E-state index contributed by atoms with van der Waals surface area (Å²) in [4.78, 5) is 24.6. The first-order chi connectivity index (χ1) is 9.22. The van der Waals surface area contributed by atoms with Crippen LogP contribution in [0.3, 0.4) is 0 Å². The molecule has 100 valence electrons. The van der Waals surface area contributed by atoms with Crippen LogP contribution in [-0.2, 0) is 4.79 Å². The zero-order valence-corrected chi connectivity index (χ0v) is 10.4. The molecular formula is C13H15N3O3. The molecule has 0 saturated carbocycles. The lowest BCUT2D eigenvalue weighted by Gasteiger charge is -2.25. The van der Waals surface area contributed by atoms with E-state index in [0.717, 1.165) is 19.0 Å². The maximum Gasteiger partial charge on any atom is 0.326 e. The topological polar surface area (TPSA) is 74.6 Å². The lowest BCUT2D eigenvalue weighted by molar-refractivity contribution is -0.115. The second-order valence-electron chi connectivity index (χ2n) is 4.69. The molecule has 19 heavy (non-hydrogen) atoms. The Balaban J connectivity index is 1.76. The van der Waals surface area contributed by atoms with Crippen molar-refractivity contribution < 1.29 is 14.0 Å². The molecule has 0 bridgehead atoms. The Morgan fingerprint density at radius 2 is 1.89 bits per heavy atom. The number of nitrogens with one attached hydrogen (secondary N) is 2. The van der Waals surface area contributed by atoms with Crippen LogP contribution in [0.5, 0.6) is 0 Å². The number of hydrogen-bond donors (Lipinski definition) is 2. The normalized spacial score (nSPS) is 21.7. The van der Waals surface area contributed by atoms with E-state index in [9.17, 15) is 9.59 Å². The lowest BCUT2D eigenvalue weighted by Crippen LogP contribution is -2.28. The van der Waals surface area contributed by atoms with Crippen LogP contribution in [0.25, 0.3) is 6.08 Å². The largest absolute Gasteiger partial charge is 0.441 e. The molecule has 2 aliphatic rings. The maximum atomic E-state index is 11.4. The first-order valence-electron chi connectivity index (χ1n) is 6.41. The second kappa shape index (κ2) is 4.79. The number of rotatable bonds is 2. The summed E-state index contributed by atoms with van der Waals surface area (Å²) in [5, 5.41) is 4.58. The number of urea groups is 1. The molecule has 0 aromatic carbocycles. The van der Waals surface area contributed by atoms with Gasteiger partial charge >= 0.3 is 6.03 Å². The van der Waals surface area contributed by atoms with Gasteiger partial charge in [0.2, 0.25) is 0 Å². The number of anilines is 1. The molecule has 0 aliphatic carbocycles. The summed E-state index contributed by atoms with van der Waals surface area (Å²) in [6.45, 7) is 2.00. The van der Waals surface area contributed by atoms with E-state index < -0.39 is 11.9 Å². The van der Waals surface area contributed by atoms with Gasteiger partial charge in [0.05, 0.1) is 0 Å². The van der Waals surface area contributed by atoms with Crippen molar-refractivity contribution in [3.63, 3.8) is 0 Å². The quantitative estimate of drug-likeness (QED) is 0.624. The Morgan fingerprint density at radius 3 is 2.58 bits per heavy atom. The predicted molar refractivity (Wildman–Crippen MR) is 69.4 cm³/mol. The van der Waals surface area contributed by atoms with Crippen molar-refractivity contribution in [2.45, 2.75) is 19.3 Å². The van der Waals surface area contributed by atoms with Crippen molar-refractivity contribution in [2.24, 2.45) is 0 Å². The van der Waals surface area contributed by atoms with Gasteiger partial charge in [-0.25, -0.2) is 4.79 Å². The van der Waals surface area contributed by atoms with Crippen LogP contribution < -0.4 is 15.5 Å². The van der Waals surface area contributed by atoms with Gasteiger partial charge in [-0.05, 0) is 25.3 Å². The number of piperidine rings is 1. The van der Waals surface area contributed by atoms with Gasteiger partial charge in [0, 0.05) is 25.2 Å². The van der Waals surface area contributed by atoms with Gasteiger partial charge in [-0.2, -0.15) is 0 Å². The monoisotopic (exact) mass is 261 g/mol. The third kappa shape index (κ3) is 2.47. The van der Waals surface area contributed by atoms with Gasteiger partial charge < -0.3 is 14.6 Å². The van der Waals surface area contributed by atoms with Gasteiger partial charge in [0.1, 0.15) is 11.5 Å². The number of carbonyl (C=O) groups excluding carboxylic acids is 2. The Bertz CT molecular complexity index is 541. The highest BCUT2D eigenvalue weighted by Crippen LogP contribution is 2.23. The minimum absolute atomic E-state index is 0.213. The molecule has 0 atom stereocenters. The van der Waals surface area contributed by atoms with Crippen LogP contribution in [0, 0.1) is 0 Å². The molecule has 1 aromatic rings. The summed E-state index contributed by atoms with van der Waals surface area (Å²) < 4.78 is 5.69. The third-order valence-electron chi connectivity index (χ3n) is 3.29. The van der Waals surface area contributed by atoms with Gasteiger partial charge in [-0.15, -0.1) is 0 Å². The fourth-order valence-corrected chi connectivity index (χ4v) is 2.33. The summed E-state index contributed by atoms with van der Waals surface area (Å²) in [6, 6.07) is 3.19. The summed E-state index contributed by atoms with van der Waals surface area (Å²) in [7, 11) is 0. The molecule has 2 N–H and O–H groups in total. The highest BCUT2D eigenvalue weighted by Gasteiger charge is 2.23. The van der Waals surface area contributed by atoms with Crippen LogP contribution in [0.4, 0.5) is 10.7 Å². The van der Waals surface area contributed by atoms with E-state index in [2.05, 4.69) is 15.5 Å². The van der Waals surface area contributed by atoms with Crippen molar-refractivity contribution in [3.8, 4) is 0 Å². The number of imide groups is 1. The van der Waals surface area contributed by atoms with E-state index in [4.69, 9.17) is 4.42 Å². The minimum atomic E-state index is -0.501. The van der Waals surface area contributed by atoms with Gasteiger partial charge in [-0.3, -0.25) is 10.1 Å². The van der Waals surface area contributed by atoms with Gasteiger partial charge in [0.25, 0.3) is 5.91 Å². The highest BCUT2D eigenvalue weighted by atomic mass is 16.4. The molecule has 2 saturated heterocycles. The summed E-state index contributed by atoms with van der Waals surface area (Å²) >= 11 is 0. The van der Waals surface area contributed by atoms with Crippen LogP contribution >= 0.6 is 0 Å². The molecule has 0 unspecified atom stereocenters. The van der Waals surface area contributed by atoms with Crippen LogP contribution in [0.2, 0.25) is 0 Å². The molecule has 6 heteroatoms. The van der Waals surface area contributed by atoms with Crippen LogP contribution in [-0.4, -0.2) is 25.0 Å². The molecule has 0 radical (unpaired) electrons. The number of nitrogens with zero attached hydrogens (tertiary/aromatic N) is 1. The second-order valence-corrected chi connectivity index (χ2v) is 4.69. The number of carbonyl (C=O) groups is 2. The van der Waals surface area contributed by atoms with Crippen molar-refractivity contribution in [3.05, 3.63) is 23.6 Å². The molecule has 0 spiro atoms. The first kappa shape index (κ1) is 11.8. The molecule has 3 amide bonds. The van der Waals surface area contributed by atoms with E-state index in [1.165, 1.54) is 25.3 Å². The SMILES string of the molecule is O=C1NC(=O)/C(=C\c2ccc(N3CCCCC3)o2)N1. The molecule has 3 heterocycles. The fraction of sp³-hybridized carbons (Fsp3) is 0.385. The number of furan rings is 1. The molecular weight excluding hydrogens is 246 g/mol. The zero-order chi connectivity index (χ0) is 13.2. The smallest absolute Gasteiger partial charge is 0.326 e. The Kier molecular flexibility index (Phi) is 2.98. The van der Waals surface area contributed by atoms with Crippen molar-refractivity contribution >= 4 is 23.9 Å². The van der Waals surface area contributed by atoms with E-state index in [1.807, 2.05) is 6.07 Å². The number of hydrogen-bond acceptors (Lipinski definition) is 4. The van der Waals surface area contributed by atoms with Crippen molar-refractivity contribution in [1.29, 1.82) is 0 Å². The average molecular weight is 261 g/mol. The zero-order valence-electron chi connectivity index (χ0n) is 10.4. The Morgan fingerprint density at radius 1 is 1.11 bits per heavy atom. The summed E-state index contributed by atoms with van der Waals surface area (Å²) in [6.07, 6.45) is 5.15. The van der Waals surface area contributed by atoms with Crippen molar-refractivity contribution in [1.82, 2.24) is 10.6 Å². The fourth-order valence-electron chi connectivity index (χ4n) is 2.33. The maximum absolute atomic E-state index is 11.4. The third-order valence-corrected chi connectivity index (χ3v) is 3.29. The van der Waals surface area contributed by atoms with Gasteiger partial charge in [-0.1, -0.05) is 0 Å². The average Bonchev–Trinajstić information content (AvgIpc) is 2.99. The van der Waals surface area contributed by atoms with Crippen LogP contribution in [0.15, 0.2) is 22.2 Å². The van der Waals surface area contributed by atoms with Crippen LogP contribution in [0.1, 0.15) is 25.0 Å². The van der Waals surface area contributed by atoms with E-state index in [0.29, 0.717) is 5.76 Å². The Hall–Kier alpha value is -2.24. The minimum Gasteiger partial charge on any atom is -0.441 e. The molecule has 2 fully saturated rings. The predicted octanol–water partition coefficient (Wildman–Crippen LogP) is 1.45. The molecule has 3 rings (SSSR count). The lowest BCUT2D eigenvalue weighted by atomic mass is 10.1. The van der Waals surface area contributed by atoms with Crippen molar-refractivity contribution in [2.75, 3.05) is 18.0 Å². The summed E-state index contributed by atoms with van der Waals surface area (Å²) in [5.74, 6) is 0.949.